The standard InChI is InChI=1S/C16H26N4/c1-4-20(15-5-6-15)8-7-18-16(17)19-14-10-12(2)9-13(3)11-14/h9-11,15H,4-8H2,1-3H3,(H3,17,18,19). The summed E-state index contributed by atoms with van der Waals surface area (Å²) < 4.78 is 0. The SMILES string of the molecule is CCN(CCN=C(N)Nc1cc(C)cc(C)c1)C1CC1. The van der Waals surface area contributed by atoms with Crippen LogP contribution in [0.25, 0.3) is 0 Å². The van der Waals surface area contributed by atoms with Gasteiger partial charge >= 0.3 is 0 Å². The van der Waals surface area contributed by atoms with Gasteiger partial charge < -0.3 is 11.1 Å². The molecular weight excluding hydrogens is 248 g/mol. The van der Waals surface area contributed by atoms with Crippen LogP contribution in [0.2, 0.25) is 0 Å². The highest BCUT2D eigenvalue weighted by Crippen LogP contribution is 2.25. The third kappa shape index (κ3) is 4.53. The first-order valence-electron chi connectivity index (χ1n) is 7.47. The van der Waals surface area contributed by atoms with E-state index in [2.05, 4.69) is 54.2 Å². The van der Waals surface area contributed by atoms with E-state index >= 15 is 0 Å². The molecule has 0 bridgehead atoms. The molecule has 3 N–H and O–H groups in total. The lowest BCUT2D eigenvalue weighted by molar-refractivity contribution is 0.286. The first-order valence-corrected chi connectivity index (χ1v) is 7.47. The first-order chi connectivity index (χ1) is 9.58. The maximum Gasteiger partial charge on any atom is 0.193 e. The Bertz CT molecular complexity index is 457. The van der Waals surface area contributed by atoms with E-state index in [0.29, 0.717) is 5.96 Å². The fourth-order valence-electron chi connectivity index (χ4n) is 2.57. The lowest BCUT2D eigenvalue weighted by Crippen LogP contribution is -2.30. The summed E-state index contributed by atoms with van der Waals surface area (Å²) in [5.74, 6) is 0.502. The second-order valence-corrected chi connectivity index (χ2v) is 5.63. The van der Waals surface area contributed by atoms with Crippen molar-refractivity contribution in [2.45, 2.75) is 39.7 Å². The van der Waals surface area contributed by atoms with Crippen LogP contribution >= 0.6 is 0 Å². The van der Waals surface area contributed by atoms with Crippen molar-refractivity contribution in [3.63, 3.8) is 0 Å². The molecule has 20 heavy (non-hydrogen) atoms. The first kappa shape index (κ1) is 14.9. The van der Waals surface area contributed by atoms with Crippen molar-refractivity contribution < 1.29 is 0 Å². The summed E-state index contributed by atoms with van der Waals surface area (Å²) in [4.78, 5) is 6.90. The zero-order valence-corrected chi connectivity index (χ0v) is 12.8. The zero-order valence-electron chi connectivity index (χ0n) is 12.8. The molecule has 0 unspecified atom stereocenters. The predicted octanol–water partition coefficient (Wildman–Crippen LogP) is 2.51. The average Bonchev–Trinajstić information content (AvgIpc) is 3.17. The highest BCUT2D eigenvalue weighted by atomic mass is 15.2. The Morgan fingerprint density at radius 1 is 1.30 bits per heavy atom. The lowest BCUT2D eigenvalue weighted by Gasteiger charge is -2.18. The van der Waals surface area contributed by atoms with Crippen LogP contribution in [-0.4, -0.2) is 36.5 Å². The number of nitrogens with one attached hydrogen (secondary N) is 1. The quantitative estimate of drug-likeness (QED) is 0.619. The number of nitrogens with zero attached hydrogens (tertiary/aromatic N) is 2. The van der Waals surface area contributed by atoms with Crippen molar-refractivity contribution in [3.8, 4) is 0 Å². The van der Waals surface area contributed by atoms with Gasteiger partial charge in [-0.25, -0.2) is 0 Å². The smallest absolute Gasteiger partial charge is 0.193 e. The number of aryl methyl sites for hydroxylation is 2. The monoisotopic (exact) mass is 274 g/mol. The Morgan fingerprint density at radius 3 is 2.50 bits per heavy atom. The molecule has 110 valence electrons. The van der Waals surface area contributed by atoms with Gasteiger partial charge in [-0.3, -0.25) is 9.89 Å². The van der Waals surface area contributed by atoms with E-state index in [-0.39, 0.29) is 0 Å². The van der Waals surface area contributed by atoms with Gasteiger partial charge in [0, 0.05) is 18.3 Å². The van der Waals surface area contributed by atoms with Crippen LogP contribution < -0.4 is 11.1 Å². The Hall–Kier alpha value is -1.55. The van der Waals surface area contributed by atoms with Crippen LogP contribution in [-0.2, 0) is 0 Å². The molecule has 1 fully saturated rings. The summed E-state index contributed by atoms with van der Waals surface area (Å²) in [7, 11) is 0. The van der Waals surface area contributed by atoms with Crippen molar-refractivity contribution in [1.29, 1.82) is 0 Å². The van der Waals surface area contributed by atoms with Gasteiger partial charge in [0.2, 0.25) is 0 Å². The molecule has 1 aliphatic carbocycles. The average molecular weight is 274 g/mol. The molecule has 4 heteroatoms. The maximum atomic E-state index is 5.95. The van der Waals surface area contributed by atoms with E-state index in [1.165, 1.54) is 24.0 Å². The molecule has 2 rings (SSSR count). The number of rotatable bonds is 6. The molecule has 0 atom stereocenters. The van der Waals surface area contributed by atoms with Crippen molar-refractivity contribution >= 4 is 11.6 Å². The summed E-state index contributed by atoms with van der Waals surface area (Å²) in [5, 5.41) is 3.17. The van der Waals surface area contributed by atoms with Gasteiger partial charge in [-0.15, -0.1) is 0 Å². The van der Waals surface area contributed by atoms with Gasteiger partial charge in [-0.2, -0.15) is 0 Å². The second-order valence-electron chi connectivity index (χ2n) is 5.63. The van der Waals surface area contributed by atoms with E-state index in [9.17, 15) is 0 Å². The second kappa shape index (κ2) is 6.75. The van der Waals surface area contributed by atoms with Crippen LogP contribution in [0.4, 0.5) is 5.69 Å². The minimum absolute atomic E-state index is 0.502. The third-order valence-electron chi connectivity index (χ3n) is 3.63. The van der Waals surface area contributed by atoms with Crippen LogP contribution in [0, 0.1) is 13.8 Å². The predicted molar refractivity (Wildman–Crippen MR) is 86.3 cm³/mol. The summed E-state index contributed by atoms with van der Waals surface area (Å²) >= 11 is 0. The summed E-state index contributed by atoms with van der Waals surface area (Å²) in [6.07, 6.45) is 2.68. The minimum atomic E-state index is 0.502. The van der Waals surface area contributed by atoms with Crippen molar-refractivity contribution in [2.75, 3.05) is 25.0 Å². The van der Waals surface area contributed by atoms with Gasteiger partial charge in [0.05, 0.1) is 6.54 Å². The number of hydrogen-bond acceptors (Lipinski definition) is 2. The Morgan fingerprint density at radius 2 is 1.95 bits per heavy atom. The summed E-state index contributed by atoms with van der Waals surface area (Å²) in [6, 6.07) is 7.10. The molecule has 1 aliphatic rings. The highest BCUT2D eigenvalue weighted by molar-refractivity contribution is 5.92. The number of benzene rings is 1. The Labute approximate surface area is 122 Å². The van der Waals surface area contributed by atoms with Crippen LogP contribution in [0.5, 0.6) is 0 Å². The van der Waals surface area contributed by atoms with Gasteiger partial charge in [-0.1, -0.05) is 13.0 Å². The molecule has 1 aromatic carbocycles. The van der Waals surface area contributed by atoms with E-state index in [0.717, 1.165) is 31.4 Å². The topological polar surface area (TPSA) is 53.6 Å². The number of likely N-dealkylation sites (N-methyl/N-ethyl adjacent to an activating group) is 1. The Kier molecular flexibility index (Phi) is 5.01. The number of anilines is 1. The van der Waals surface area contributed by atoms with Crippen LogP contribution in [0.3, 0.4) is 0 Å². The van der Waals surface area contributed by atoms with E-state index in [1.807, 2.05) is 0 Å². The molecule has 0 radical (unpaired) electrons. The minimum Gasteiger partial charge on any atom is -0.370 e. The normalized spacial score (nSPS) is 15.7. The fraction of sp³-hybridized carbons (Fsp3) is 0.562. The number of hydrogen-bond donors (Lipinski definition) is 2. The Balaban J connectivity index is 1.83. The molecule has 4 nitrogen and oxygen atoms in total. The van der Waals surface area contributed by atoms with Crippen LogP contribution in [0.15, 0.2) is 23.2 Å². The van der Waals surface area contributed by atoms with Crippen LogP contribution in [0.1, 0.15) is 30.9 Å². The molecular formula is C16H26N4. The van der Waals surface area contributed by atoms with E-state index < -0.39 is 0 Å². The highest BCUT2D eigenvalue weighted by Gasteiger charge is 2.26. The maximum absolute atomic E-state index is 5.95. The molecule has 0 spiro atoms. The van der Waals surface area contributed by atoms with Gasteiger partial charge in [0.1, 0.15) is 0 Å². The lowest BCUT2D eigenvalue weighted by atomic mass is 10.1. The largest absolute Gasteiger partial charge is 0.370 e. The fourth-order valence-corrected chi connectivity index (χ4v) is 2.57. The van der Waals surface area contributed by atoms with Crippen molar-refractivity contribution in [3.05, 3.63) is 29.3 Å². The molecule has 0 aliphatic heterocycles. The molecule has 1 saturated carbocycles. The zero-order chi connectivity index (χ0) is 14.5. The van der Waals surface area contributed by atoms with E-state index in [4.69, 9.17) is 5.73 Å². The summed E-state index contributed by atoms with van der Waals surface area (Å²) in [6.45, 7) is 9.23. The summed E-state index contributed by atoms with van der Waals surface area (Å²) in [5.41, 5.74) is 9.41. The molecule has 0 aromatic heterocycles. The molecule has 0 amide bonds. The molecule has 0 heterocycles. The number of nitrogens with two attached hydrogens (primary N) is 1. The van der Waals surface area contributed by atoms with Gasteiger partial charge in [-0.05, 0) is 56.5 Å². The van der Waals surface area contributed by atoms with E-state index in [1.54, 1.807) is 0 Å². The molecule has 1 aromatic rings. The molecule has 0 saturated heterocycles. The van der Waals surface area contributed by atoms with Gasteiger partial charge in [0.25, 0.3) is 0 Å². The van der Waals surface area contributed by atoms with Gasteiger partial charge in [0.15, 0.2) is 5.96 Å². The number of guanidine groups is 1. The van der Waals surface area contributed by atoms with Crippen molar-refractivity contribution in [2.24, 2.45) is 10.7 Å². The number of aliphatic imine (C=N–C) groups is 1. The van der Waals surface area contributed by atoms with Crippen molar-refractivity contribution in [1.82, 2.24) is 4.90 Å². The third-order valence-corrected chi connectivity index (χ3v) is 3.63.